The van der Waals surface area contributed by atoms with Crippen molar-refractivity contribution in [3.05, 3.63) is 46.5 Å². The Balaban J connectivity index is 0.00000242. The summed E-state index contributed by atoms with van der Waals surface area (Å²) in [6, 6.07) is 9.28. The SMILES string of the molecule is CCOCC(O)CN1CCc2cc(OC)c(OC)cc2C1CC1CCN2CCc3cc(OC)c(OC)cc3C2C1.Cl.Cl. The predicted octanol–water partition coefficient (Wildman–Crippen LogP) is 5.26. The zero-order valence-corrected chi connectivity index (χ0v) is 27.2. The van der Waals surface area contributed by atoms with Crippen molar-refractivity contribution in [1.82, 2.24) is 9.80 Å². The van der Waals surface area contributed by atoms with Gasteiger partial charge >= 0.3 is 0 Å². The summed E-state index contributed by atoms with van der Waals surface area (Å²) in [5.74, 6) is 3.71. The van der Waals surface area contributed by atoms with Crippen LogP contribution in [-0.2, 0) is 17.6 Å². The molecule has 1 N–H and O–H groups in total. The minimum Gasteiger partial charge on any atom is -0.493 e. The zero-order chi connectivity index (χ0) is 28.2. The lowest BCUT2D eigenvalue weighted by molar-refractivity contribution is 0.00388. The molecule has 5 rings (SSSR count). The van der Waals surface area contributed by atoms with Gasteiger partial charge in [0.15, 0.2) is 23.0 Å². The van der Waals surface area contributed by atoms with Gasteiger partial charge in [0.1, 0.15) is 0 Å². The number of fused-ring (bicyclic) bond motifs is 4. The Kier molecular flexibility index (Phi) is 12.9. The quantitative estimate of drug-likeness (QED) is 0.362. The molecule has 0 spiro atoms. The highest BCUT2D eigenvalue weighted by Gasteiger charge is 2.38. The van der Waals surface area contributed by atoms with Gasteiger partial charge in [0.25, 0.3) is 0 Å². The Hall–Kier alpha value is -1.94. The van der Waals surface area contributed by atoms with Gasteiger partial charge < -0.3 is 28.8 Å². The van der Waals surface area contributed by atoms with Crippen LogP contribution >= 0.6 is 24.8 Å². The van der Waals surface area contributed by atoms with E-state index in [2.05, 4.69) is 34.1 Å². The Morgan fingerprint density at radius 1 is 0.810 bits per heavy atom. The summed E-state index contributed by atoms with van der Waals surface area (Å²) in [7, 11) is 6.82. The minimum absolute atomic E-state index is 0. The van der Waals surface area contributed by atoms with E-state index in [4.69, 9.17) is 23.7 Å². The van der Waals surface area contributed by atoms with E-state index in [1.54, 1.807) is 28.4 Å². The van der Waals surface area contributed by atoms with Gasteiger partial charge in [-0.15, -0.1) is 24.8 Å². The first-order chi connectivity index (χ1) is 19.5. The maximum absolute atomic E-state index is 10.8. The van der Waals surface area contributed by atoms with Crippen molar-refractivity contribution in [2.45, 2.75) is 57.2 Å². The Bertz CT molecular complexity index is 1170. The van der Waals surface area contributed by atoms with Crippen LogP contribution < -0.4 is 18.9 Å². The number of methoxy groups -OCH3 is 4. The van der Waals surface area contributed by atoms with Crippen molar-refractivity contribution in [2.75, 3.05) is 67.8 Å². The van der Waals surface area contributed by atoms with Crippen molar-refractivity contribution >= 4 is 24.8 Å². The normalized spacial score (nSPS) is 22.4. The molecule has 0 aromatic heterocycles. The Labute approximate surface area is 263 Å². The van der Waals surface area contributed by atoms with E-state index in [0.717, 1.165) is 68.3 Å². The fraction of sp³-hybridized carbons (Fsp3) is 0.625. The summed E-state index contributed by atoms with van der Waals surface area (Å²) in [5.41, 5.74) is 5.37. The second kappa shape index (κ2) is 15.7. The zero-order valence-electron chi connectivity index (χ0n) is 25.6. The number of rotatable bonds is 11. The highest BCUT2D eigenvalue weighted by Crippen LogP contribution is 2.47. The van der Waals surface area contributed by atoms with E-state index in [-0.39, 0.29) is 30.9 Å². The smallest absolute Gasteiger partial charge is 0.161 e. The molecule has 3 heterocycles. The van der Waals surface area contributed by atoms with Crippen LogP contribution in [0.4, 0.5) is 0 Å². The van der Waals surface area contributed by atoms with Gasteiger partial charge in [-0.05, 0) is 98.0 Å². The molecule has 1 saturated heterocycles. The average molecular weight is 628 g/mol. The van der Waals surface area contributed by atoms with Gasteiger partial charge in [-0.2, -0.15) is 0 Å². The van der Waals surface area contributed by atoms with Crippen LogP contribution in [0, 0.1) is 5.92 Å². The first-order valence-corrected chi connectivity index (χ1v) is 14.7. The van der Waals surface area contributed by atoms with Crippen LogP contribution in [0.25, 0.3) is 0 Å². The molecule has 0 aliphatic carbocycles. The van der Waals surface area contributed by atoms with Crippen molar-refractivity contribution in [1.29, 1.82) is 0 Å². The van der Waals surface area contributed by atoms with E-state index < -0.39 is 6.10 Å². The van der Waals surface area contributed by atoms with Crippen LogP contribution in [0.15, 0.2) is 24.3 Å². The second-order valence-electron chi connectivity index (χ2n) is 11.3. The summed E-state index contributed by atoms with van der Waals surface area (Å²) < 4.78 is 28.2. The number of β-amino-alcohol motifs (C(OH)–C–C–N with tert-alkyl or cyclic N) is 1. The van der Waals surface area contributed by atoms with Crippen molar-refractivity contribution < 1.29 is 28.8 Å². The summed E-state index contributed by atoms with van der Waals surface area (Å²) in [4.78, 5) is 5.12. The molecular weight excluding hydrogens is 579 g/mol. The first-order valence-electron chi connectivity index (χ1n) is 14.7. The standard InChI is InChI=1S/C32H46N2O6.2ClH/c1-6-40-20-24(35)19-34-12-9-23-16-30(37-3)32(39-5)18-26(23)28(34)14-21-7-10-33-11-8-22-15-29(36-2)31(38-4)17-25(22)27(33)13-21;;/h15-18,21,24,27-28,35H,6-14,19-20H2,1-5H3;2*1H. The molecular formula is C32H48Cl2N2O6. The fourth-order valence-electron chi connectivity index (χ4n) is 7.09. The molecule has 4 unspecified atom stereocenters. The van der Waals surface area contributed by atoms with Gasteiger partial charge in [0.05, 0.1) is 41.2 Å². The number of benzene rings is 2. The van der Waals surface area contributed by atoms with Gasteiger partial charge in [-0.25, -0.2) is 0 Å². The maximum atomic E-state index is 10.8. The monoisotopic (exact) mass is 626 g/mol. The molecule has 2 aromatic carbocycles. The number of hydrogen-bond donors (Lipinski definition) is 1. The third-order valence-electron chi connectivity index (χ3n) is 9.12. The number of halogens is 2. The highest BCUT2D eigenvalue weighted by molar-refractivity contribution is 5.85. The first kappa shape index (κ1) is 34.5. The molecule has 0 bridgehead atoms. The van der Waals surface area contributed by atoms with Crippen LogP contribution in [0.2, 0.25) is 0 Å². The van der Waals surface area contributed by atoms with E-state index >= 15 is 0 Å². The largest absolute Gasteiger partial charge is 0.493 e. The molecule has 0 amide bonds. The van der Waals surface area contributed by atoms with Crippen molar-refractivity contribution in [3.63, 3.8) is 0 Å². The second-order valence-corrected chi connectivity index (χ2v) is 11.3. The number of nitrogens with zero attached hydrogens (tertiary/aromatic N) is 2. The van der Waals surface area contributed by atoms with Gasteiger partial charge in [-0.3, -0.25) is 9.80 Å². The lowest BCUT2D eigenvalue weighted by Crippen LogP contribution is -2.44. The molecule has 3 aliphatic heterocycles. The van der Waals surface area contributed by atoms with Gasteiger partial charge in [0, 0.05) is 38.3 Å². The topological polar surface area (TPSA) is 72.9 Å². The van der Waals surface area contributed by atoms with Crippen LogP contribution in [0.3, 0.4) is 0 Å². The summed E-state index contributed by atoms with van der Waals surface area (Å²) in [5, 5.41) is 10.8. The number of hydrogen-bond acceptors (Lipinski definition) is 8. The molecule has 4 atom stereocenters. The fourth-order valence-corrected chi connectivity index (χ4v) is 7.09. The van der Waals surface area contributed by atoms with Gasteiger partial charge in [-0.1, -0.05) is 0 Å². The van der Waals surface area contributed by atoms with Crippen LogP contribution in [0.1, 0.15) is 60.5 Å². The summed E-state index contributed by atoms with van der Waals surface area (Å²) >= 11 is 0. The van der Waals surface area contributed by atoms with E-state index in [1.165, 1.54) is 28.7 Å². The number of piperidine rings is 1. The van der Waals surface area contributed by atoms with Gasteiger partial charge in [0.2, 0.25) is 0 Å². The molecule has 3 aliphatic rings. The average Bonchev–Trinajstić information content (AvgIpc) is 2.99. The Morgan fingerprint density at radius 2 is 1.38 bits per heavy atom. The molecule has 8 nitrogen and oxygen atoms in total. The molecule has 0 radical (unpaired) electrons. The third-order valence-corrected chi connectivity index (χ3v) is 9.12. The third kappa shape index (κ3) is 7.22. The molecule has 1 fully saturated rings. The van der Waals surface area contributed by atoms with E-state index in [0.29, 0.717) is 31.7 Å². The summed E-state index contributed by atoms with van der Waals surface area (Å²) in [6.07, 6.45) is 4.77. The minimum atomic E-state index is -0.515. The van der Waals surface area contributed by atoms with Crippen molar-refractivity contribution in [2.24, 2.45) is 5.92 Å². The number of aliphatic hydroxyl groups excluding tert-OH is 1. The molecule has 236 valence electrons. The molecule has 10 heteroatoms. The lowest BCUT2D eigenvalue weighted by atomic mass is 9.77. The van der Waals surface area contributed by atoms with E-state index in [1.807, 2.05) is 6.92 Å². The van der Waals surface area contributed by atoms with Crippen LogP contribution in [0.5, 0.6) is 23.0 Å². The molecule has 0 saturated carbocycles. The lowest BCUT2D eigenvalue weighted by Gasteiger charge is -2.46. The molecule has 2 aromatic rings. The Morgan fingerprint density at radius 3 is 2.00 bits per heavy atom. The maximum Gasteiger partial charge on any atom is 0.161 e. The van der Waals surface area contributed by atoms with E-state index in [9.17, 15) is 5.11 Å². The number of aliphatic hydroxyl groups is 1. The predicted molar refractivity (Wildman–Crippen MR) is 169 cm³/mol. The van der Waals surface area contributed by atoms with Crippen molar-refractivity contribution in [3.8, 4) is 23.0 Å². The molecule has 42 heavy (non-hydrogen) atoms. The summed E-state index contributed by atoms with van der Waals surface area (Å²) in [6.45, 7) is 6.62. The number of ether oxygens (including phenoxy) is 5. The highest BCUT2D eigenvalue weighted by atomic mass is 35.5. The van der Waals surface area contributed by atoms with Crippen LogP contribution in [-0.4, -0.2) is 88.8 Å².